The highest BCUT2D eigenvalue weighted by atomic mass is 16.8. The van der Waals surface area contributed by atoms with Crippen molar-refractivity contribution >= 4 is 5.97 Å². The summed E-state index contributed by atoms with van der Waals surface area (Å²) in [7, 11) is 0. The number of ether oxygens (including phenoxy) is 10. The lowest BCUT2D eigenvalue weighted by Crippen LogP contribution is -2.67. The van der Waals surface area contributed by atoms with Crippen molar-refractivity contribution in [1.29, 1.82) is 0 Å². The number of aliphatic hydroxyl groups is 16. The second-order valence-electron chi connectivity index (χ2n) is 29.1. The van der Waals surface area contributed by atoms with Gasteiger partial charge in [-0.15, -0.1) is 0 Å². The highest BCUT2D eigenvalue weighted by Crippen LogP contribution is 2.76. The van der Waals surface area contributed by atoms with Gasteiger partial charge in [-0.05, 0) is 116 Å². The van der Waals surface area contributed by atoms with Gasteiger partial charge in [-0.25, -0.2) is 0 Å². The molecule has 0 bridgehead atoms. The van der Waals surface area contributed by atoms with E-state index in [4.69, 9.17) is 47.4 Å². The molecule has 0 aromatic carbocycles. The lowest BCUT2D eigenvalue weighted by atomic mass is 9.33. The van der Waals surface area contributed by atoms with Crippen LogP contribution < -0.4 is 0 Å². The Bertz CT molecular complexity index is 2420. The smallest absolute Gasteiger partial charge is 0.315 e. The molecule has 5 saturated heterocycles. The van der Waals surface area contributed by atoms with Crippen LogP contribution in [0.5, 0.6) is 0 Å². The van der Waals surface area contributed by atoms with Gasteiger partial charge in [0.15, 0.2) is 25.2 Å². The number of allylic oxidation sites excluding steroid dienone is 2. The van der Waals surface area contributed by atoms with Crippen molar-refractivity contribution in [2.24, 2.45) is 50.2 Å². The summed E-state index contributed by atoms with van der Waals surface area (Å²) in [4.78, 5) is 15.3. The summed E-state index contributed by atoms with van der Waals surface area (Å²) < 4.78 is 59.6. The maximum absolute atomic E-state index is 15.3. The second kappa shape index (κ2) is 25.2. The first-order valence-corrected chi connectivity index (χ1v) is 31.2. The summed E-state index contributed by atoms with van der Waals surface area (Å²) in [6.07, 6.45) is -32.3. The molecule has 0 spiro atoms. The number of rotatable bonds is 14. The van der Waals surface area contributed by atoms with E-state index < -0.39 is 203 Å². The Kier molecular flexibility index (Phi) is 19.7. The van der Waals surface area contributed by atoms with Gasteiger partial charge in [0.05, 0.1) is 44.1 Å². The maximum atomic E-state index is 15.3. The standard InChI is InChI=1S/C60H98O27/c1-24-34(64)38(68)43(73)50(79-24)85-47-29(22-63)82-49(46(76)42(47)72)78-23-30-37(67)40(70)45(75)52(83-30)87-54(77)60-17-15-55(2,3)19-26(60)25-9-10-32-57(6)13-12-33(56(4,5)31(57)11-14-59(32,8)58(25,7)16-18-60)84-53-48(41(71)36(66)28(21-62)81-53)86-51-44(74)39(69)35(65)27(20-61)80-51/h9,24,26-53,61-76H,10-23H2,1-8H3. The first kappa shape index (κ1) is 68.1. The molecule has 33 unspecified atom stereocenters. The molecule has 16 N–H and O–H groups in total. The lowest BCUT2D eigenvalue weighted by molar-refractivity contribution is -0.378. The van der Waals surface area contributed by atoms with Crippen LogP contribution in [0.25, 0.3) is 0 Å². The molecule has 0 aromatic heterocycles. The molecule has 27 nitrogen and oxygen atoms in total. The van der Waals surface area contributed by atoms with Gasteiger partial charge in [0, 0.05) is 0 Å². The van der Waals surface area contributed by atoms with Gasteiger partial charge < -0.3 is 129 Å². The van der Waals surface area contributed by atoms with Crippen molar-refractivity contribution < 1.29 is 134 Å². The third kappa shape index (κ3) is 11.5. The zero-order chi connectivity index (χ0) is 63.6. The normalized spacial score (nSPS) is 54.0. The summed E-state index contributed by atoms with van der Waals surface area (Å²) in [5.41, 5.74) is -1.49. The van der Waals surface area contributed by atoms with Crippen LogP contribution in [0, 0.1) is 50.2 Å². The highest BCUT2D eigenvalue weighted by Gasteiger charge is 2.70. The van der Waals surface area contributed by atoms with Crippen LogP contribution in [-0.2, 0) is 52.2 Å². The monoisotopic (exact) mass is 1250 g/mol. The average Bonchev–Trinajstić information content (AvgIpc) is 0.686. The molecular weight excluding hydrogens is 1150 g/mol. The molecule has 0 amide bonds. The van der Waals surface area contributed by atoms with E-state index in [9.17, 15) is 81.7 Å². The first-order chi connectivity index (χ1) is 40.7. The summed E-state index contributed by atoms with van der Waals surface area (Å²) in [6.45, 7) is 14.3. The molecule has 33 atom stereocenters. The summed E-state index contributed by atoms with van der Waals surface area (Å²) in [5, 5.41) is 172. The predicted octanol–water partition coefficient (Wildman–Crippen LogP) is -3.18. The number of carbonyl (C=O) groups excluding carboxylic acids is 1. The number of carbonyl (C=O) groups is 1. The molecule has 500 valence electrons. The topological polar surface area (TPSA) is 433 Å². The number of hydrogen-bond donors (Lipinski definition) is 16. The van der Waals surface area contributed by atoms with Crippen LogP contribution in [0.15, 0.2) is 11.6 Å². The summed E-state index contributed by atoms with van der Waals surface area (Å²) in [6, 6.07) is 0. The third-order valence-corrected chi connectivity index (χ3v) is 23.5. The van der Waals surface area contributed by atoms with Crippen LogP contribution >= 0.6 is 0 Å². The van der Waals surface area contributed by atoms with Crippen LogP contribution in [0.1, 0.15) is 120 Å². The van der Waals surface area contributed by atoms with Crippen molar-refractivity contribution in [1.82, 2.24) is 0 Å². The van der Waals surface area contributed by atoms with Crippen molar-refractivity contribution in [3.05, 3.63) is 11.6 Å². The van der Waals surface area contributed by atoms with Gasteiger partial charge in [-0.1, -0.05) is 60.1 Å². The van der Waals surface area contributed by atoms with E-state index in [1.54, 1.807) is 0 Å². The van der Waals surface area contributed by atoms with E-state index in [-0.39, 0.29) is 39.4 Å². The van der Waals surface area contributed by atoms with Gasteiger partial charge >= 0.3 is 5.97 Å². The molecule has 5 heterocycles. The fourth-order valence-electron chi connectivity index (χ4n) is 17.8. The van der Waals surface area contributed by atoms with Gasteiger partial charge in [0.25, 0.3) is 0 Å². The fraction of sp³-hybridized carbons (Fsp3) is 0.950. The largest absolute Gasteiger partial charge is 0.432 e. The molecular formula is C60H98O27. The lowest BCUT2D eigenvalue weighted by Gasteiger charge is -2.71. The fourth-order valence-corrected chi connectivity index (χ4v) is 17.8. The van der Waals surface area contributed by atoms with E-state index in [0.717, 1.165) is 19.3 Å². The quantitative estimate of drug-likeness (QED) is 0.0463. The van der Waals surface area contributed by atoms with Crippen molar-refractivity contribution in [2.45, 2.75) is 279 Å². The van der Waals surface area contributed by atoms with Crippen molar-refractivity contribution in [3.63, 3.8) is 0 Å². The minimum absolute atomic E-state index is 0.0840. The van der Waals surface area contributed by atoms with E-state index in [2.05, 4.69) is 54.5 Å². The van der Waals surface area contributed by atoms with Gasteiger partial charge in [0.1, 0.15) is 116 Å². The molecule has 5 aliphatic heterocycles. The highest BCUT2D eigenvalue weighted by molar-refractivity contribution is 5.79. The Morgan fingerprint density at radius 3 is 1.67 bits per heavy atom. The minimum Gasteiger partial charge on any atom is -0.432 e. The zero-order valence-electron chi connectivity index (χ0n) is 50.9. The molecule has 10 aliphatic rings. The SMILES string of the molecule is CC1OC(OC2C(CO)OC(OCC3OC(OC(=O)C45CCC(C)(C)CC4C4=CCC6C7(C)CCC(OC8OC(CO)C(O)C(O)C8OC8OC(CO)C(O)C(O)C8O)C(C)(C)C7CCC6(C)C4(C)CC5)C(O)C(O)C3O)C(O)C2O)C(O)C(O)C1O. The maximum Gasteiger partial charge on any atom is 0.315 e. The molecule has 0 radical (unpaired) electrons. The summed E-state index contributed by atoms with van der Waals surface area (Å²) >= 11 is 0. The number of hydrogen-bond acceptors (Lipinski definition) is 27. The zero-order valence-corrected chi connectivity index (χ0v) is 50.9. The van der Waals surface area contributed by atoms with Crippen LogP contribution in [0.3, 0.4) is 0 Å². The molecule has 27 heteroatoms. The van der Waals surface area contributed by atoms with E-state index >= 15 is 4.79 Å². The van der Waals surface area contributed by atoms with E-state index in [0.29, 0.717) is 44.9 Å². The third-order valence-electron chi connectivity index (χ3n) is 23.5. The Balaban J connectivity index is 0.832. The van der Waals surface area contributed by atoms with Crippen LogP contribution in [0.4, 0.5) is 0 Å². The first-order valence-electron chi connectivity index (χ1n) is 31.2. The minimum atomic E-state index is -1.90. The Morgan fingerprint density at radius 2 is 1.02 bits per heavy atom. The molecule has 0 aromatic rings. The molecule has 4 saturated carbocycles. The van der Waals surface area contributed by atoms with Gasteiger partial charge in [-0.3, -0.25) is 4.79 Å². The number of aliphatic hydroxyl groups excluding tert-OH is 16. The molecule has 10 rings (SSSR count). The van der Waals surface area contributed by atoms with Gasteiger partial charge in [0.2, 0.25) is 6.29 Å². The van der Waals surface area contributed by atoms with Crippen LogP contribution in [-0.4, -0.2) is 274 Å². The molecule has 9 fully saturated rings. The van der Waals surface area contributed by atoms with Gasteiger partial charge in [-0.2, -0.15) is 0 Å². The number of esters is 1. The predicted molar refractivity (Wildman–Crippen MR) is 294 cm³/mol. The second-order valence-corrected chi connectivity index (χ2v) is 29.1. The Labute approximate surface area is 506 Å². The van der Waals surface area contributed by atoms with Crippen molar-refractivity contribution in [2.75, 3.05) is 26.4 Å². The van der Waals surface area contributed by atoms with E-state index in [1.165, 1.54) is 12.5 Å². The van der Waals surface area contributed by atoms with Crippen LogP contribution in [0.2, 0.25) is 0 Å². The number of fused-ring (bicyclic) bond motifs is 7. The van der Waals surface area contributed by atoms with Crippen molar-refractivity contribution in [3.8, 4) is 0 Å². The Hall–Kier alpha value is -1.79. The summed E-state index contributed by atoms with van der Waals surface area (Å²) in [5.74, 6) is -0.650. The molecule has 87 heavy (non-hydrogen) atoms. The average molecular weight is 1250 g/mol. The van der Waals surface area contributed by atoms with E-state index in [1.807, 2.05) is 0 Å². The molecule has 5 aliphatic carbocycles. The Morgan fingerprint density at radius 1 is 0.506 bits per heavy atom.